The van der Waals surface area contributed by atoms with E-state index in [2.05, 4.69) is 9.88 Å². The summed E-state index contributed by atoms with van der Waals surface area (Å²) in [5.74, 6) is 2.37. The normalized spacial score (nSPS) is 19.2. The topological polar surface area (TPSA) is 55.3 Å². The van der Waals surface area contributed by atoms with E-state index in [0.29, 0.717) is 25.0 Å². The third-order valence-corrected chi connectivity index (χ3v) is 5.96. The molecule has 1 aliphatic heterocycles. The van der Waals surface area contributed by atoms with Gasteiger partial charge in [0.2, 0.25) is 5.91 Å². The summed E-state index contributed by atoms with van der Waals surface area (Å²) in [5, 5.41) is 0. The predicted molar refractivity (Wildman–Crippen MR) is 102 cm³/mol. The van der Waals surface area contributed by atoms with Crippen molar-refractivity contribution in [1.29, 1.82) is 0 Å². The van der Waals surface area contributed by atoms with Crippen molar-refractivity contribution in [2.75, 3.05) is 19.7 Å². The third-order valence-electron chi connectivity index (χ3n) is 5.96. The SMILES string of the molecule is CCOCc1cnc(C)nc1C1CCN(C(=O)CCC2CCCC2)CC1. The Morgan fingerprint density at radius 2 is 1.96 bits per heavy atom. The molecular weight excluding hydrogens is 326 g/mol. The first-order valence-electron chi connectivity index (χ1n) is 10.3. The quantitative estimate of drug-likeness (QED) is 0.738. The molecule has 1 aliphatic carbocycles. The molecular formula is C21H33N3O2. The van der Waals surface area contributed by atoms with Crippen LogP contribution in [0.25, 0.3) is 0 Å². The number of amides is 1. The van der Waals surface area contributed by atoms with Gasteiger partial charge in [0.1, 0.15) is 5.82 Å². The summed E-state index contributed by atoms with van der Waals surface area (Å²) in [6, 6.07) is 0. The molecule has 5 nitrogen and oxygen atoms in total. The average molecular weight is 360 g/mol. The molecule has 0 N–H and O–H groups in total. The van der Waals surface area contributed by atoms with Crippen LogP contribution in [0.5, 0.6) is 0 Å². The summed E-state index contributed by atoms with van der Waals surface area (Å²) in [7, 11) is 0. The fraction of sp³-hybridized carbons (Fsp3) is 0.762. The molecule has 0 spiro atoms. The maximum absolute atomic E-state index is 12.5. The van der Waals surface area contributed by atoms with Crippen molar-refractivity contribution in [1.82, 2.24) is 14.9 Å². The van der Waals surface area contributed by atoms with E-state index in [1.165, 1.54) is 25.7 Å². The number of piperidine rings is 1. The van der Waals surface area contributed by atoms with E-state index in [1.54, 1.807) is 0 Å². The van der Waals surface area contributed by atoms with E-state index in [1.807, 2.05) is 20.0 Å². The Morgan fingerprint density at radius 3 is 2.65 bits per heavy atom. The van der Waals surface area contributed by atoms with Gasteiger partial charge in [-0.1, -0.05) is 25.7 Å². The van der Waals surface area contributed by atoms with Gasteiger partial charge in [0.05, 0.1) is 12.3 Å². The van der Waals surface area contributed by atoms with Crippen molar-refractivity contribution in [2.45, 2.75) is 77.7 Å². The Balaban J connectivity index is 1.53. The Labute approximate surface area is 157 Å². The standard InChI is InChI=1S/C21H33N3O2/c1-3-26-15-19-14-22-16(2)23-21(19)18-10-12-24(13-11-18)20(25)9-8-17-6-4-5-7-17/h14,17-18H,3-13,15H2,1-2H3. The smallest absolute Gasteiger partial charge is 0.222 e. The van der Waals surface area contributed by atoms with Crippen LogP contribution in [0.4, 0.5) is 0 Å². The van der Waals surface area contributed by atoms with E-state index in [0.717, 1.165) is 61.8 Å². The summed E-state index contributed by atoms with van der Waals surface area (Å²) in [4.78, 5) is 23.7. The molecule has 0 radical (unpaired) electrons. The fourth-order valence-corrected chi connectivity index (χ4v) is 4.38. The summed E-state index contributed by atoms with van der Waals surface area (Å²) < 4.78 is 5.59. The van der Waals surface area contributed by atoms with Crippen LogP contribution in [0.2, 0.25) is 0 Å². The first-order valence-corrected chi connectivity index (χ1v) is 10.3. The maximum Gasteiger partial charge on any atom is 0.222 e. The van der Waals surface area contributed by atoms with E-state index < -0.39 is 0 Å². The van der Waals surface area contributed by atoms with Gasteiger partial charge < -0.3 is 9.64 Å². The van der Waals surface area contributed by atoms with Gasteiger partial charge in [0.25, 0.3) is 0 Å². The lowest BCUT2D eigenvalue weighted by Crippen LogP contribution is -2.38. The largest absolute Gasteiger partial charge is 0.377 e. The second-order valence-electron chi connectivity index (χ2n) is 7.81. The Hall–Kier alpha value is -1.49. The van der Waals surface area contributed by atoms with E-state index >= 15 is 0 Å². The van der Waals surface area contributed by atoms with Crippen LogP contribution in [-0.4, -0.2) is 40.5 Å². The molecule has 0 aromatic carbocycles. The first kappa shape index (κ1) is 19.3. The molecule has 1 aromatic rings. The van der Waals surface area contributed by atoms with E-state index in [-0.39, 0.29) is 0 Å². The average Bonchev–Trinajstić information content (AvgIpc) is 3.19. The number of likely N-dealkylation sites (tertiary alicyclic amines) is 1. The lowest BCUT2D eigenvalue weighted by molar-refractivity contribution is -0.132. The van der Waals surface area contributed by atoms with Gasteiger partial charge in [-0.05, 0) is 39.0 Å². The summed E-state index contributed by atoms with van der Waals surface area (Å²) in [5.41, 5.74) is 2.23. The monoisotopic (exact) mass is 359 g/mol. The van der Waals surface area contributed by atoms with Crippen LogP contribution < -0.4 is 0 Å². The maximum atomic E-state index is 12.5. The van der Waals surface area contributed by atoms with Crippen LogP contribution in [0.1, 0.15) is 81.3 Å². The van der Waals surface area contributed by atoms with Crippen molar-refractivity contribution in [3.05, 3.63) is 23.3 Å². The van der Waals surface area contributed by atoms with Crippen LogP contribution in [0.3, 0.4) is 0 Å². The second-order valence-corrected chi connectivity index (χ2v) is 7.81. The molecule has 26 heavy (non-hydrogen) atoms. The van der Waals surface area contributed by atoms with E-state index in [4.69, 9.17) is 9.72 Å². The number of hydrogen-bond acceptors (Lipinski definition) is 4. The minimum atomic E-state index is 0.351. The molecule has 2 fully saturated rings. The van der Waals surface area contributed by atoms with Crippen LogP contribution in [0.15, 0.2) is 6.20 Å². The molecule has 144 valence electrons. The summed E-state index contributed by atoms with van der Waals surface area (Å²) >= 11 is 0. The molecule has 5 heteroatoms. The van der Waals surface area contributed by atoms with E-state index in [9.17, 15) is 4.79 Å². The van der Waals surface area contributed by atoms with Gasteiger partial charge >= 0.3 is 0 Å². The van der Waals surface area contributed by atoms with Crippen LogP contribution >= 0.6 is 0 Å². The van der Waals surface area contributed by atoms with Gasteiger partial charge in [-0.25, -0.2) is 9.97 Å². The fourth-order valence-electron chi connectivity index (χ4n) is 4.38. The van der Waals surface area contributed by atoms with Gasteiger partial charge in [-0.15, -0.1) is 0 Å². The first-order chi connectivity index (χ1) is 12.7. The summed E-state index contributed by atoms with van der Waals surface area (Å²) in [6.07, 6.45) is 11.1. The number of nitrogens with zero attached hydrogens (tertiary/aromatic N) is 3. The molecule has 0 atom stereocenters. The van der Waals surface area contributed by atoms with Crippen molar-refractivity contribution >= 4 is 5.91 Å². The zero-order chi connectivity index (χ0) is 18.4. The Morgan fingerprint density at radius 1 is 1.23 bits per heavy atom. The zero-order valence-corrected chi connectivity index (χ0v) is 16.4. The lowest BCUT2D eigenvalue weighted by Gasteiger charge is -2.32. The highest BCUT2D eigenvalue weighted by Crippen LogP contribution is 2.31. The zero-order valence-electron chi connectivity index (χ0n) is 16.4. The molecule has 3 rings (SSSR count). The highest BCUT2D eigenvalue weighted by atomic mass is 16.5. The van der Waals surface area contributed by atoms with Gasteiger partial charge in [0.15, 0.2) is 0 Å². The summed E-state index contributed by atoms with van der Waals surface area (Å²) in [6.45, 7) is 6.92. The van der Waals surface area contributed by atoms with Crippen molar-refractivity contribution in [3.63, 3.8) is 0 Å². The van der Waals surface area contributed by atoms with Crippen molar-refractivity contribution < 1.29 is 9.53 Å². The molecule has 1 aromatic heterocycles. The number of hydrogen-bond donors (Lipinski definition) is 0. The number of rotatable bonds is 7. The van der Waals surface area contributed by atoms with Crippen molar-refractivity contribution in [3.8, 4) is 0 Å². The van der Waals surface area contributed by atoms with Crippen LogP contribution in [0, 0.1) is 12.8 Å². The number of carbonyl (C=O) groups excluding carboxylic acids is 1. The van der Waals surface area contributed by atoms with Gasteiger partial charge in [0, 0.05) is 43.8 Å². The number of aromatic nitrogens is 2. The molecule has 1 saturated carbocycles. The van der Waals surface area contributed by atoms with Crippen molar-refractivity contribution in [2.24, 2.45) is 5.92 Å². The molecule has 0 unspecified atom stereocenters. The molecule has 1 amide bonds. The minimum absolute atomic E-state index is 0.351. The van der Waals surface area contributed by atoms with Crippen LogP contribution in [-0.2, 0) is 16.1 Å². The number of aryl methyl sites for hydroxylation is 1. The molecule has 0 bridgehead atoms. The second kappa shape index (κ2) is 9.45. The highest BCUT2D eigenvalue weighted by Gasteiger charge is 2.27. The molecule has 2 heterocycles. The highest BCUT2D eigenvalue weighted by molar-refractivity contribution is 5.76. The Bertz CT molecular complexity index is 591. The molecule has 2 aliphatic rings. The Kier molecular flexibility index (Phi) is 7.00. The predicted octanol–water partition coefficient (Wildman–Crippen LogP) is 4.00. The third kappa shape index (κ3) is 5.03. The number of ether oxygens (including phenoxy) is 1. The minimum Gasteiger partial charge on any atom is -0.377 e. The van der Waals surface area contributed by atoms with Gasteiger partial charge in [-0.3, -0.25) is 4.79 Å². The lowest BCUT2D eigenvalue weighted by atomic mass is 9.90. The number of carbonyl (C=O) groups is 1. The van der Waals surface area contributed by atoms with Gasteiger partial charge in [-0.2, -0.15) is 0 Å². The molecule has 1 saturated heterocycles.